The van der Waals surface area contributed by atoms with Crippen molar-refractivity contribution in [3.63, 3.8) is 0 Å². The Bertz CT molecular complexity index is 665. The van der Waals surface area contributed by atoms with Crippen molar-refractivity contribution in [2.45, 2.75) is 30.8 Å². The minimum absolute atomic E-state index is 0.134. The maximum Gasteiger partial charge on any atom is 0.241 e. The first-order valence-corrected chi connectivity index (χ1v) is 9.12. The molecule has 1 atom stereocenters. The molecule has 2 aromatic rings. The Morgan fingerprint density at radius 2 is 2.00 bits per heavy atom. The van der Waals surface area contributed by atoms with Gasteiger partial charge in [0.15, 0.2) is 0 Å². The van der Waals surface area contributed by atoms with Gasteiger partial charge in [0.1, 0.15) is 0 Å². The highest BCUT2D eigenvalue weighted by molar-refractivity contribution is 7.89. The molecule has 6 heteroatoms. The molecule has 0 fully saturated rings. The summed E-state index contributed by atoms with van der Waals surface area (Å²) in [5, 5.41) is 10.5. The summed E-state index contributed by atoms with van der Waals surface area (Å²) < 4.78 is 26.8. The molecule has 1 aromatic carbocycles. The van der Waals surface area contributed by atoms with E-state index in [1.807, 2.05) is 30.3 Å². The van der Waals surface area contributed by atoms with E-state index in [1.54, 1.807) is 5.38 Å². The fourth-order valence-corrected chi connectivity index (χ4v) is 4.21. The molecule has 0 aliphatic rings. The molecule has 0 bridgehead atoms. The highest BCUT2D eigenvalue weighted by Gasteiger charge is 2.16. The predicted octanol–water partition coefficient (Wildman–Crippen LogP) is 2.71. The number of aliphatic hydroxyl groups excluding tert-OH is 1. The van der Waals surface area contributed by atoms with E-state index < -0.39 is 10.0 Å². The van der Waals surface area contributed by atoms with Crippen LogP contribution in [0.1, 0.15) is 29.7 Å². The second-order valence-corrected chi connectivity index (χ2v) is 7.67. The Morgan fingerprint density at radius 3 is 2.62 bits per heavy atom. The van der Waals surface area contributed by atoms with Crippen LogP contribution < -0.4 is 4.72 Å². The molecule has 0 radical (unpaired) electrons. The maximum absolute atomic E-state index is 12.1. The average Bonchev–Trinajstić information content (AvgIpc) is 2.98. The smallest absolute Gasteiger partial charge is 0.241 e. The molecular weight excluding hydrogens is 306 g/mol. The topological polar surface area (TPSA) is 66.4 Å². The van der Waals surface area contributed by atoms with Crippen molar-refractivity contribution in [2.24, 2.45) is 0 Å². The third-order valence-electron chi connectivity index (χ3n) is 3.33. The molecule has 0 spiro atoms. The number of rotatable bonds is 7. The van der Waals surface area contributed by atoms with Crippen LogP contribution in [-0.2, 0) is 16.6 Å². The molecule has 114 valence electrons. The lowest BCUT2D eigenvalue weighted by molar-refractivity contribution is 0.285. The molecule has 1 unspecified atom stereocenters. The molecule has 0 saturated heterocycles. The molecule has 0 amide bonds. The number of sulfonamides is 1. The van der Waals surface area contributed by atoms with Crippen LogP contribution in [0.3, 0.4) is 0 Å². The normalized spacial score (nSPS) is 13.2. The Hall–Kier alpha value is -1.21. The summed E-state index contributed by atoms with van der Waals surface area (Å²) >= 11 is 1.24. The van der Waals surface area contributed by atoms with Gasteiger partial charge in [-0.25, -0.2) is 13.1 Å². The van der Waals surface area contributed by atoms with Crippen molar-refractivity contribution in [1.82, 2.24) is 4.72 Å². The Balaban J connectivity index is 1.90. The van der Waals surface area contributed by atoms with Crippen LogP contribution in [-0.4, -0.2) is 20.1 Å². The summed E-state index contributed by atoms with van der Waals surface area (Å²) in [4.78, 5) is 0.872. The third-order valence-corrected chi connectivity index (χ3v) is 5.85. The minimum atomic E-state index is -3.48. The number of aliphatic hydroxyl groups is 1. The molecule has 1 heterocycles. The Labute approximate surface area is 129 Å². The van der Waals surface area contributed by atoms with Crippen molar-refractivity contribution in [1.29, 1.82) is 0 Å². The third kappa shape index (κ3) is 4.38. The van der Waals surface area contributed by atoms with Gasteiger partial charge in [0.05, 0.1) is 11.5 Å². The molecular formula is C15H19NO3S2. The van der Waals surface area contributed by atoms with E-state index in [2.05, 4.69) is 11.6 Å². The summed E-state index contributed by atoms with van der Waals surface area (Å²) in [5.41, 5.74) is 1.20. The molecule has 0 aliphatic carbocycles. The van der Waals surface area contributed by atoms with Gasteiger partial charge in [0.2, 0.25) is 10.0 Å². The van der Waals surface area contributed by atoms with E-state index in [0.717, 1.165) is 6.42 Å². The Morgan fingerprint density at radius 1 is 1.29 bits per heavy atom. The number of nitrogens with one attached hydrogen (secondary N) is 1. The lowest BCUT2D eigenvalue weighted by Gasteiger charge is -2.12. The van der Waals surface area contributed by atoms with E-state index in [4.69, 9.17) is 5.11 Å². The number of hydrogen-bond donors (Lipinski definition) is 2. The van der Waals surface area contributed by atoms with E-state index in [1.165, 1.54) is 23.0 Å². The second-order valence-electron chi connectivity index (χ2n) is 4.91. The van der Waals surface area contributed by atoms with Gasteiger partial charge in [-0.1, -0.05) is 37.3 Å². The van der Waals surface area contributed by atoms with Crippen LogP contribution in [0.15, 0.2) is 46.7 Å². The number of hydrogen-bond acceptors (Lipinski definition) is 4. The zero-order valence-corrected chi connectivity index (χ0v) is 13.5. The Kier molecular flexibility index (Phi) is 5.52. The first-order valence-electron chi connectivity index (χ1n) is 6.76. The molecule has 2 N–H and O–H groups in total. The van der Waals surface area contributed by atoms with Crippen LogP contribution in [0.5, 0.6) is 0 Å². The minimum Gasteiger partial charge on any atom is -0.391 e. The first kappa shape index (κ1) is 16.2. The van der Waals surface area contributed by atoms with E-state index in [9.17, 15) is 8.42 Å². The van der Waals surface area contributed by atoms with Crippen molar-refractivity contribution in [2.75, 3.05) is 6.54 Å². The van der Waals surface area contributed by atoms with Gasteiger partial charge in [0.25, 0.3) is 0 Å². The molecule has 0 aliphatic heterocycles. The maximum atomic E-state index is 12.1. The summed E-state index contributed by atoms with van der Waals surface area (Å²) in [5.74, 6) is 0.296. The lowest BCUT2D eigenvalue weighted by Crippen LogP contribution is -2.25. The van der Waals surface area contributed by atoms with Gasteiger partial charge >= 0.3 is 0 Å². The standard InChI is InChI=1S/C15H19NO3S2/c1-12(13-5-3-2-4-6-13)7-8-16-21(18,19)15-9-14(10-17)20-11-15/h2-6,9,11-12,16-17H,7-8,10H2,1H3. The molecule has 4 nitrogen and oxygen atoms in total. The summed E-state index contributed by atoms with van der Waals surface area (Å²) in [6.45, 7) is 2.34. The summed E-state index contributed by atoms with van der Waals surface area (Å²) in [6.07, 6.45) is 0.736. The van der Waals surface area contributed by atoms with Crippen molar-refractivity contribution < 1.29 is 13.5 Å². The highest BCUT2D eigenvalue weighted by Crippen LogP contribution is 2.20. The van der Waals surface area contributed by atoms with Gasteiger partial charge in [-0.3, -0.25) is 0 Å². The molecule has 1 aromatic heterocycles. The SMILES string of the molecule is CC(CCNS(=O)(=O)c1csc(CO)c1)c1ccccc1. The quantitative estimate of drug-likeness (QED) is 0.822. The summed E-state index contributed by atoms with van der Waals surface area (Å²) in [7, 11) is -3.48. The molecule has 21 heavy (non-hydrogen) atoms. The van der Waals surface area contributed by atoms with Crippen LogP contribution in [0, 0.1) is 0 Å². The van der Waals surface area contributed by atoms with E-state index >= 15 is 0 Å². The van der Waals surface area contributed by atoms with Gasteiger partial charge in [-0.2, -0.15) is 0 Å². The molecule has 0 saturated carbocycles. The fraction of sp³-hybridized carbons (Fsp3) is 0.333. The van der Waals surface area contributed by atoms with Gasteiger partial charge in [0, 0.05) is 16.8 Å². The van der Waals surface area contributed by atoms with Gasteiger partial charge in [-0.05, 0) is 24.0 Å². The van der Waals surface area contributed by atoms with Crippen molar-refractivity contribution in [3.8, 4) is 0 Å². The largest absolute Gasteiger partial charge is 0.391 e. The number of benzene rings is 1. The summed E-state index contributed by atoms with van der Waals surface area (Å²) in [6, 6.07) is 11.5. The van der Waals surface area contributed by atoms with Crippen LogP contribution in [0.4, 0.5) is 0 Å². The zero-order valence-electron chi connectivity index (χ0n) is 11.8. The average molecular weight is 325 g/mol. The van der Waals surface area contributed by atoms with Gasteiger partial charge < -0.3 is 5.11 Å². The van der Waals surface area contributed by atoms with Crippen LogP contribution in [0.25, 0.3) is 0 Å². The second kappa shape index (κ2) is 7.17. The highest BCUT2D eigenvalue weighted by atomic mass is 32.2. The molecule has 2 rings (SSSR count). The monoisotopic (exact) mass is 325 g/mol. The van der Waals surface area contributed by atoms with Gasteiger partial charge in [-0.15, -0.1) is 11.3 Å². The van der Waals surface area contributed by atoms with Crippen LogP contribution in [0.2, 0.25) is 0 Å². The first-order chi connectivity index (χ1) is 10.0. The number of thiophene rings is 1. The predicted molar refractivity (Wildman–Crippen MR) is 84.9 cm³/mol. The fourth-order valence-electron chi connectivity index (χ4n) is 2.03. The lowest BCUT2D eigenvalue weighted by atomic mass is 9.98. The van der Waals surface area contributed by atoms with Crippen LogP contribution >= 0.6 is 11.3 Å². The van der Waals surface area contributed by atoms with E-state index in [-0.39, 0.29) is 11.5 Å². The van der Waals surface area contributed by atoms with Crippen molar-refractivity contribution in [3.05, 3.63) is 52.2 Å². The van der Waals surface area contributed by atoms with E-state index in [0.29, 0.717) is 17.3 Å². The zero-order chi connectivity index (χ0) is 15.3. The van der Waals surface area contributed by atoms with Crippen molar-refractivity contribution >= 4 is 21.4 Å².